The first kappa shape index (κ1) is 13.9. The fourth-order valence-electron chi connectivity index (χ4n) is 1.77. The zero-order valence-corrected chi connectivity index (χ0v) is 11.0. The molecular weight excluding hydrogens is 212 g/mol. The lowest BCUT2D eigenvalue weighted by Crippen LogP contribution is -2.20. The molecule has 1 heterocycles. The molecule has 0 aliphatic rings. The molecule has 1 aromatic rings. The van der Waals surface area contributed by atoms with E-state index in [-0.39, 0.29) is 0 Å². The number of aryl methyl sites for hydroxylation is 1. The normalized spacial score (nSPS) is 10.5. The number of aromatic nitrogens is 2. The Balaban J connectivity index is 2.44. The van der Waals surface area contributed by atoms with Crippen molar-refractivity contribution < 1.29 is 0 Å². The third kappa shape index (κ3) is 5.13. The summed E-state index contributed by atoms with van der Waals surface area (Å²) in [5.74, 6) is 1.02. The molecule has 0 fully saturated rings. The number of hydrogen-bond donors (Lipinski definition) is 1. The van der Waals surface area contributed by atoms with E-state index in [2.05, 4.69) is 34.9 Å². The van der Waals surface area contributed by atoms with Crippen molar-refractivity contribution >= 4 is 5.82 Å². The van der Waals surface area contributed by atoms with Crippen molar-refractivity contribution in [3.05, 3.63) is 18.1 Å². The lowest BCUT2D eigenvalue weighted by molar-refractivity contribution is 0.675. The maximum absolute atomic E-state index is 5.48. The first-order valence-corrected chi connectivity index (χ1v) is 6.50. The second-order valence-corrected chi connectivity index (χ2v) is 4.39. The Bertz CT molecular complexity index is 314. The molecule has 0 aliphatic carbocycles. The maximum atomic E-state index is 5.48. The van der Waals surface area contributed by atoms with Crippen LogP contribution in [0, 0.1) is 0 Å². The van der Waals surface area contributed by atoms with Gasteiger partial charge in [0, 0.05) is 25.4 Å². The lowest BCUT2D eigenvalue weighted by atomic mass is 10.2. The molecule has 1 aromatic heterocycles. The van der Waals surface area contributed by atoms with E-state index < -0.39 is 0 Å². The van der Waals surface area contributed by atoms with Crippen molar-refractivity contribution in [3.63, 3.8) is 0 Å². The van der Waals surface area contributed by atoms with Gasteiger partial charge in [0.2, 0.25) is 0 Å². The molecule has 0 aliphatic heterocycles. The molecule has 2 N–H and O–H groups in total. The van der Waals surface area contributed by atoms with Crippen LogP contribution in [0.1, 0.15) is 38.3 Å². The van der Waals surface area contributed by atoms with Crippen molar-refractivity contribution in [1.29, 1.82) is 0 Å². The summed E-state index contributed by atoms with van der Waals surface area (Å²) in [6.07, 6.45) is 7.27. The van der Waals surface area contributed by atoms with Crippen LogP contribution < -0.4 is 10.6 Å². The van der Waals surface area contributed by atoms with Crippen LogP contribution in [0.4, 0.5) is 5.82 Å². The van der Waals surface area contributed by atoms with Crippen molar-refractivity contribution in [2.75, 3.05) is 25.0 Å². The highest BCUT2D eigenvalue weighted by Gasteiger charge is 2.03. The standard InChI is InChI=1S/C13H24N4/c1-3-7-12-10-13(16-11-15-12)17(2)9-6-4-5-8-14/h10-11H,3-9,14H2,1-2H3. The van der Waals surface area contributed by atoms with Crippen molar-refractivity contribution in [3.8, 4) is 0 Å². The Morgan fingerprint density at radius 2 is 2.06 bits per heavy atom. The minimum absolute atomic E-state index is 0.790. The van der Waals surface area contributed by atoms with Gasteiger partial charge in [-0.1, -0.05) is 19.8 Å². The predicted octanol–water partition coefficient (Wildman–Crippen LogP) is 1.99. The molecule has 0 atom stereocenters. The smallest absolute Gasteiger partial charge is 0.131 e. The molecule has 0 spiro atoms. The molecule has 0 radical (unpaired) electrons. The number of nitrogens with zero attached hydrogens (tertiary/aromatic N) is 3. The highest BCUT2D eigenvalue weighted by Crippen LogP contribution is 2.11. The van der Waals surface area contributed by atoms with E-state index in [0.29, 0.717) is 0 Å². The van der Waals surface area contributed by atoms with Crippen LogP contribution in [-0.4, -0.2) is 30.1 Å². The molecule has 0 saturated heterocycles. The largest absolute Gasteiger partial charge is 0.360 e. The van der Waals surface area contributed by atoms with Gasteiger partial charge in [-0.15, -0.1) is 0 Å². The summed E-state index contributed by atoms with van der Waals surface area (Å²) >= 11 is 0. The molecule has 0 bridgehead atoms. The third-order valence-corrected chi connectivity index (χ3v) is 2.80. The Labute approximate surface area is 104 Å². The van der Waals surface area contributed by atoms with Crippen LogP contribution in [0.5, 0.6) is 0 Å². The van der Waals surface area contributed by atoms with Gasteiger partial charge in [0.05, 0.1) is 0 Å². The monoisotopic (exact) mass is 236 g/mol. The van der Waals surface area contributed by atoms with Crippen molar-refractivity contribution in [2.45, 2.75) is 39.0 Å². The highest BCUT2D eigenvalue weighted by atomic mass is 15.2. The summed E-state index contributed by atoms with van der Waals surface area (Å²) in [5, 5.41) is 0. The number of nitrogens with two attached hydrogens (primary N) is 1. The maximum Gasteiger partial charge on any atom is 0.131 e. The molecule has 1 rings (SSSR count). The summed E-state index contributed by atoms with van der Waals surface area (Å²) in [7, 11) is 2.08. The minimum atomic E-state index is 0.790. The summed E-state index contributed by atoms with van der Waals surface area (Å²) in [5.41, 5.74) is 6.61. The first-order valence-electron chi connectivity index (χ1n) is 6.50. The van der Waals surface area contributed by atoms with Gasteiger partial charge in [-0.05, 0) is 25.8 Å². The van der Waals surface area contributed by atoms with Crippen LogP contribution in [0.25, 0.3) is 0 Å². The van der Waals surface area contributed by atoms with E-state index in [4.69, 9.17) is 5.73 Å². The number of anilines is 1. The van der Waals surface area contributed by atoms with E-state index in [1.807, 2.05) is 0 Å². The van der Waals surface area contributed by atoms with Crippen LogP contribution >= 0.6 is 0 Å². The van der Waals surface area contributed by atoms with Crippen LogP contribution in [-0.2, 0) is 6.42 Å². The molecule has 0 amide bonds. The number of hydrogen-bond acceptors (Lipinski definition) is 4. The zero-order chi connectivity index (χ0) is 12.5. The topological polar surface area (TPSA) is 55.0 Å². The van der Waals surface area contributed by atoms with E-state index in [0.717, 1.165) is 43.9 Å². The zero-order valence-electron chi connectivity index (χ0n) is 11.0. The summed E-state index contributed by atoms with van der Waals surface area (Å²) < 4.78 is 0. The second-order valence-electron chi connectivity index (χ2n) is 4.39. The molecule has 4 nitrogen and oxygen atoms in total. The lowest BCUT2D eigenvalue weighted by Gasteiger charge is -2.18. The van der Waals surface area contributed by atoms with Gasteiger partial charge in [0.1, 0.15) is 12.1 Å². The van der Waals surface area contributed by atoms with E-state index in [9.17, 15) is 0 Å². The van der Waals surface area contributed by atoms with E-state index >= 15 is 0 Å². The minimum Gasteiger partial charge on any atom is -0.360 e. The molecule has 96 valence electrons. The van der Waals surface area contributed by atoms with Crippen LogP contribution in [0.15, 0.2) is 12.4 Å². The SMILES string of the molecule is CCCc1cc(N(C)CCCCCN)ncn1. The Morgan fingerprint density at radius 3 is 2.76 bits per heavy atom. The van der Waals surface area contributed by atoms with Crippen molar-refractivity contribution in [2.24, 2.45) is 5.73 Å². The average Bonchev–Trinajstić information content (AvgIpc) is 2.35. The summed E-state index contributed by atoms with van der Waals surface area (Å²) in [6.45, 7) is 3.98. The van der Waals surface area contributed by atoms with Gasteiger partial charge in [0.25, 0.3) is 0 Å². The Hall–Kier alpha value is -1.16. The fraction of sp³-hybridized carbons (Fsp3) is 0.692. The fourth-order valence-corrected chi connectivity index (χ4v) is 1.77. The molecular formula is C13H24N4. The van der Waals surface area contributed by atoms with Gasteiger partial charge < -0.3 is 10.6 Å². The first-order chi connectivity index (χ1) is 8.27. The third-order valence-electron chi connectivity index (χ3n) is 2.80. The quantitative estimate of drug-likeness (QED) is 0.701. The van der Waals surface area contributed by atoms with Gasteiger partial charge >= 0.3 is 0 Å². The Kier molecular flexibility index (Phi) is 6.55. The number of rotatable bonds is 8. The Morgan fingerprint density at radius 1 is 1.24 bits per heavy atom. The predicted molar refractivity (Wildman–Crippen MR) is 72.2 cm³/mol. The van der Waals surface area contributed by atoms with E-state index in [1.165, 1.54) is 12.8 Å². The average molecular weight is 236 g/mol. The molecule has 4 heteroatoms. The van der Waals surface area contributed by atoms with Gasteiger partial charge in [-0.3, -0.25) is 0 Å². The number of unbranched alkanes of at least 4 members (excludes halogenated alkanes) is 2. The van der Waals surface area contributed by atoms with E-state index in [1.54, 1.807) is 6.33 Å². The molecule has 0 unspecified atom stereocenters. The van der Waals surface area contributed by atoms with Gasteiger partial charge in [-0.25, -0.2) is 9.97 Å². The van der Waals surface area contributed by atoms with Crippen molar-refractivity contribution in [1.82, 2.24) is 9.97 Å². The van der Waals surface area contributed by atoms with Gasteiger partial charge in [0.15, 0.2) is 0 Å². The molecule has 17 heavy (non-hydrogen) atoms. The summed E-state index contributed by atoms with van der Waals surface area (Å²) in [6, 6.07) is 2.09. The summed E-state index contributed by atoms with van der Waals surface area (Å²) in [4.78, 5) is 10.8. The van der Waals surface area contributed by atoms with Crippen LogP contribution in [0.3, 0.4) is 0 Å². The van der Waals surface area contributed by atoms with Crippen LogP contribution in [0.2, 0.25) is 0 Å². The molecule has 0 saturated carbocycles. The van der Waals surface area contributed by atoms with Gasteiger partial charge in [-0.2, -0.15) is 0 Å². The second kappa shape index (κ2) is 8.01. The molecule has 0 aromatic carbocycles. The highest BCUT2D eigenvalue weighted by molar-refractivity contribution is 5.37.